The summed E-state index contributed by atoms with van der Waals surface area (Å²) in [4.78, 5) is 11.7. The first-order valence-electron chi connectivity index (χ1n) is 7.24. The average molecular weight is 312 g/mol. The summed E-state index contributed by atoms with van der Waals surface area (Å²) < 4.78 is 10.6. The average Bonchev–Trinajstić information content (AvgIpc) is 2.56. The van der Waals surface area contributed by atoms with Gasteiger partial charge in [0.05, 0.1) is 13.3 Å². The highest BCUT2D eigenvalue weighted by molar-refractivity contribution is 5.83. The number of carbonyl (C=O) groups is 1. The number of rotatable bonds is 6. The van der Waals surface area contributed by atoms with Gasteiger partial charge in [-0.1, -0.05) is 18.2 Å². The van der Waals surface area contributed by atoms with Crippen LogP contribution in [0.4, 0.5) is 0 Å². The Morgan fingerprint density at radius 3 is 2.70 bits per heavy atom. The quantitative estimate of drug-likeness (QED) is 0.659. The predicted octanol–water partition coefficient (Wildman–Crippen LogP) is 2.84. The number of amides is 1. The summed E-state index contributed by atoms with van der Waals surface area (Å²) in [6.45, 7) is 3.94. The molecule has 0 aliphatic carbocycles. The Morgan fingerprint density at radius 1 is 1.13 bits per heavy atom. The molecule has 1 amide bonds. The van der Waals surface area contributed by atoms with Crippen molar-refractivity contribution in [3.63, 3.8) is 0 Å². The van der Waals surface area contributed by atoms with E-state index in [1.165, 1.54) is 5.56 Å². The maximum atomic E-state index is 11.7. The standard InChI is InChI=1S/C18H20N2O3/c1-13-7-8-17(9-14(13)2)23-12-18(21)20-19-11-15-5-4-6-16(10-15)22-3/h4-11H,12H2,1-3H3,(H,20,21)/b19-11+. The van der Waals surface area contributed by atoms with Crippen LogP contribution in [0.15, 0.2) is 47.6 Å². The Labute approximate surface area is 135 Å². The van der Waals surface area contributed by atoms with Gasteiger partial charge in [-0.3, -0.25) is 4.79 Å². The summed E-state index contributed by atoms with van der Waals surface area (Å²) in [6, 6.07) is 13.1. The Morgan fingerprint density at radius 2 is 1.96 bits per heavy atom. The monoisotopic (exact) mass is 312 g/mol. The van der Waals surface area contributed by atoms with Gasteiger partial charge >= 0.3 is 0 Å². The van der Waals surface area contributed by atoms with Gasteiger partial charge in [0, 0.05) is 0 Å². The van der Waals surface area contributed by atoms with Crippen LogP contribution in [-0.2, 0) is 4.79 Å². The smallest absolute Gasteiger partial charge is 0.277 e. The van der Waals surface area contributed by atoms with Crippen molar-refractivity contribution in [2.75, 3.05) is 13.7 Å². The van der Waals surface area contributed by atoms with Crippen molar-refractivity contribution < 1.29 is 14.3 Å². The second-order valence-electron chi connectivity index (χ2n) is 5.10. The fourth-order valence-corrected chi connectivity index (χ4v) is 1.89. The molecule has 5 nitrogen and oxygen atoms in total. The first-order valence-corrected chi connectivity index (χ1v) is 7.24. The van der Waals surface area contributed by atoms with Crippen LogP contribution in [0.1, 0.15) is 16.7 Å². The molecule has 0 aliphatic heterocycles. The van der Waals surface area contributed by atoms with Gasteiger partial charge in [0.25, 0.3) is 5.91 Å². The van der Waals surface area contributed by atoms with Crippen LogP contribution < -0.4 is 14.9 Å². The minimum atomic E-state index is -0.317. The number of ether oxygens (including phenoxy) is 2. The molecule has 0 bridgehead atoms. The molecule has 0 heterocycles. The second kappa shape index (κ2) is 7.98. The molecule has 0 aliphatic rings. The zero-order valence-electron chi connectivity index (χ0n) is 13.5. The van der Waals surface area contributed by atoms with Crippen molar-refractivity contribution in [3.8, 4) is 11.5 Å². The van der Waals surface area contributed by atoms with Gasteiger partial charge in [-0.2, -0.15) is 5.10 Å². The predicted molar refractivity (Wildman–Crippen MR) is 90.1 cm³/mol. The van der Waals surface area contributed by atoms with E-state index in [0.29, 0.717) is 5.75 Å². The number of nitrogens with one attached hydrogen (secondary N) is 1. The van der Waals surface area contributed by atoms with E-state index in [2.05, 4.69) is 10.5 Å². The zero-order chi connectivity index (χ0) is 16.7. The third-order valence-electron chi connectivity index (χ3n) is 3.34. The molecule has 5 heteroatoms. The van der Waals surface area contributed by atoms with Gasteiger partial charge in [0.1, 0.15) is 11.5 Å². The van der Waals surface area contributed by atoms with Crippen LogP contribution in [0.3, 0.4) is 0 Å². The van der Waals surface area contributed by atoms with Crippen molar-refractivity contribution in [1.29, 1.82) is 0 Å². The van der Waals surface area contributed by atoms with Crippen molar-refractivity contribution in [3.05, 3.63) is 59.2 Å². The maximum absolute atomic E-state index is 11.7. The van der Waals surface area contributed by atoms with Crippen LogP contribution in [0.25, 0.3) is 0 Å². The van der Waals surface area contributed by atoms with E-state index in [9.17, 15) is 4.79 Å². The molecular formula is C18H20N2O3. The third-order valence-corrected chi connectivity index (χ3v) is 3.34. The third kappa shape index (κ3) is 5.14. The van der Waals surface area contributed by atoms with Crippen molar-refractivity contribution >= 4 is 12.1 Å². The first kappa shape index (κ1) is 16.5. The molecular weight excluding hydrogens is 292 g/mol. The fraction of sp³-hybridized carbons (Fsp3) is 0.222. The Kier molecular flexibility index (Phi) is 5.74. The number of hydrazone groups is 1. The van der Waals surface area contributed by atoms with Crippen molar-refractivity contribution in [1.82, 2.24) is 5.43 Å². The van der Waals surface area contributed by atoms with E-state index in [1.54, 1.807) is 13.3 Å². The maximum Gasteiger partial charge on any atom is 0.277 e. The number of benzene rings is 2. The zero-order valence-corrected chi connectivity index (χ0v) is 13.5. The molecule has 1 N–H and O–H groups in total. The molecule has 0 unspecified atom stereocenters. The van der Waals surface area contributed by atoms with Gasteiger partial charge in [0.15, 0.2) is 6.61 Å². The summed E-state index contributed by atoms with van der Waals surface area (Å²) in [5.41, 5.74) is 5.57. The lowest BCUT2D eigenvalue weighted by atomic mass is 10.1. The van der Waals surface area contributed by atoms with Gasteiger partial charge in [0.2, 0.25) is 0 Å². The first-order chi connectivity index (χ1) is 11.1. The Bertz CT molecular complexity index is 711. The molecule has 0 spiro atoms. The highest BCUT2D eigenvalue weighted by Crippen LogP contribution is 2.16. The minimum absolute atomic E-state index is 0.0854. The summed E-state index contributed by atoms with van der Waals surface area (Å²) in [6.07, 6.45) is 1.55. The number of aryl methyl sites for hydroxylation is 2. The fourth-order valence-electron chi connectivity index (χ4n) is 1.89. The molecule has 2 aromatic rings. The van der Waals surface area contributed by atoms with Crippen LogP contribution in [0.5, 0.6) is 11.5 Å². The highest BCUT2D eigenvalue weighted by Gasteiger charge is 2.02. The summed E-state index contributed by atoms with van der Waals surface area (Å²) in [7, 11) is 1.60. The number of hydrogen-bond acceptors (Lipinski definition) is 4. The molecule has 23 heavy (non-hydrogen) atoms. The SMILES string of the molecule is COc1cccc(/C=N/NC(=O)COc2ccc(C)c(C)c2)c1. The number of hydrogen-bond donors (Lipinski definition) is 1. The molecule has 0 saturated carbocycles. The lowest BCUT2D eigenvalue weighted by molar-refractivity contribution is -0.123. The van der Waals surface area contributed by atoms with E-state index >= 15 is 0 Å². The van der Waals surface area contributed by atoms with Crippen LogP contribution in [0, 0.1) is 13.8 Å². The van der Waals surface area contributed by atoms with Crippen LogP contribution in [0.2, 0.25) is 0 Å². The second-order valence-corrected chi connectivity index (χ2v) is 5.10. The molecule has 0 atom stereocenters. The molecule has 0 aromatic heterocycles. The number of methoxy groups -OCH3 is 1. The van der Waals surface area contributed by atoms with Crippen molar-refractivity contribution in [2.24, 2.45) is 5.10 Å². The van der Waals surface area contributed by atoms with Gasteiger partial charge in [-0.15, -0.1) is 0 Å². The summed E-state index contributed by atoms with van der Waals surface area (Å²) >= 11 is 0. The molecule has 0 saturated heterocycles. The molecule has 2 aromatic carbocycles. The van der Waals surface area contributed by atoms with Gasteiger partial charge in [-0.25, -0.2) is 5.43 Å². The molecule has 120 valence electrons. The minimum Gasteiger partial charge on any atom is -0.497 e. The largest absolute Gasteiger partial charge is 0.497 e. The lowest BCUT2D eigenvalue weighted by Gasteiger charge is -2.07. The number of nitrogens with zero attached hydrogens (tertiary/aromatic N) is 1. The van der Waals surface area contributed by atoms with E-state index in [0.717, 1.165) is 16.9 Å². The lowest BCUT2D eigenvalue weighted by Crippen LogP contribution is -2.24. The molecule has 0 fully saturated rings. The normalized spacial score (nSPS) is 10.6. The molecule has 2 rings (SSSR count). The van der Waals surface area contributed by atoms with E-state index in [4.69, 9.17) is 9.47 Å². The Balaban J connectivity index is 1.82. The van der Waals surface area contributed by atoms with Gasteiger partial charge in [-0.05, 0) is 54.8 Å². The van der Waals surface area contributed by atoms with E-state index in [1.807, 2.05) is 56.3 Å². The summed E-state index contributed by atoms with van der Waals surface area (Å²) in [5.74, 6) is 1.08. The van der Waals surface area contributed by atoms with Crippen molar-refractivity contribution in [2.45, 2.75) is 13.8 Å². The van der Waals surface area contributed by atoms with E-state index in [-0.39, 0.29) is 12.5 Å². The van der Waals surface area contributed by atoms with Crippen LogP contribution >= 0.6 is 0 Å². The number of carbonyl (C=O) groups excluding carboxylic acids is 1. The van der Waals surface area contributed by atoms with E-state index < -0.39 is 0 Å². The van der Waals surface area contributed by atoms with Crippen LogP contribution in [-0.4, -0.2) is 25.8 Å². The highest BCUT2D eigenvalue weighted by atomic mass is 16.5. The summed E-state index contributed by atoms with van der Waals surface area (Å²) in [5, 5.41) is 3.90. The Hall–Kier alpha value is -2.82. The molecule has 0 radical (unpaired) electrons. The van der Waals surface area contributed by atoms with Gasteiger partial charge < -0.3 is 9.47 Å². The topological polar surface area (TPSA) is 59.9 Å².